The van der Waals surface area contributed by atoms with Crippen molar-refractivity contribution >= 4 is 45.2 Å². The highest BCUT2D eigenvalue weighted by atomic mass is 79.9. The molecule has 0 saturated carbocycles. The molecule has 3 aromatic heterocycles. The average Bonchev–Trinajstić information content (AvgIpc) is 3.45. The number of nitrogens with zero attached hydrogens (tertiary/aromatic N) is 6. The van der Waals surface area contributed by atoms with Gasteiger partial charge in [0.1, 0.15) is 23.1 Å². The molecular formula is C18H13BrClN7O4. The Labute approximate surface area is 187 Å². The average molecular weight is 507 g/mol. The number of benzene rings is 1. The molecule has 1 N–H and O–H groups in total. The maximum Gasteiger partial charge on any atom is 0.404 e. The van der Waals surface area contributed by atoms with Gasteiger partial charge in [-0.05, 0) is 44.6 Å². The second-order valence-corrected chi connectivity index (χ2v) is 7.59. The van der Waals surface area contributed by atoms with E-state index in [0.29, 0.717) is 17.3 Å². The number of nitrogens with one attached hydrogen (secondary N) is 1. The van der Waals surface area contributed by atoms with Gasteiger partial charge >= 0.3 is 5.82 Å². The minimum Gasteiger partial charge on any atom is -0.454 e. The van der Waals surface area contributed by atoms with Crippen molar-refractivity contribution in [2.45, 2.75) is 13.1 Å². The molecular weight excluding hydrogens is 494 g/mol. The molecule has 0 atom stereocenters. The monoisotopic (exact) mass is 505 g/mol. The predicted molar refractivity (Wildman–Crippen MR) is 113 cm³/mol. The summed E-state index contributed by atoms with van der Waals surface area (Å²) in [5.74, 6) is -0.288. The molecule has 0 radical (unpaired) electrons. The zero-order chi connectivity index (χ0) is 22.0. The summed E-state index contributed by atoms with van der Waals surface area (Å²) in [7, 11) is 0. The van der Waals surface area contributed by atoms with Crippen molar-refractivity contribution in [3.05, 3.63) is 85.6 Å². The largest absolute Gasteiger partial charge is 0.454 e. The molecule has 1 amide bonds. The lowest BCUT2D eigenvalue weighted by Crippen LogP contribution is -2.12. The summed E-state index contributed by atoms with van der Waals surface area (Å²) in [5.41, 5.74) is 0.869. The topological polar surface area (TPSA) is 134 Å². The molecule has 4 rings (SSSR count). The van der Waals surface area contributed by atoms with E-state index in [9.17, 15) is 14.9 Å². The van der Waals surface area contributed by atoms with Crippen LogP contribution in [0.25, 0.3) is 0 Å². The summed E-state index contributed by atoms with van der Waals surface area (Å²) in [4.78, 5) is 26.8. The lowest BCUT2D eigenvalue weighted by molar-refractivity contribution is -0.390. The summed E-state index contributed by atoms with van der Waals surface area (Å²) < 4.78 is 8.64. The molecule has 0 aliphatic heterocycles. The first-order chi connectivity index (χ1) is 14.9. The fourth-order valence-electron chi connectivity index (χ4n) is 2.73. The molecule has 0 fully saturated rings. The Morgan fingerprint density at radius 3 is 2.74 bits per heavy atom. The van der Waals surface area contributed by atoms with Gasteiger partial charge in [-0.25, -0.2) is 9.67 Å². The Morgan fingerprint density at radius 1 is 1.19 bits per heavy atom. The van der Waals surface area contributed by atoms with Crippen molar-refractivity contribution in [1.29, 1.82) is 0 Å². The number of hydrogen-bond acceptors (Lipinski definition) is 7. The normalized spacial score (nSPS) is 10.9. The van der Waals surface area contributed by atoms with E-state index in [4.69, 9.17) is 16.0 Å². The molecule has 13 heteroatoms. The van der Waals surface area contributed by atoms with Gasteiger partial charge in [-0.1, -0.05) is 29.8 Å². The van der Waals surface area contributed by atoms with E-state index in [0.717, 1.165) is 5.56 Å². The van der Waals surface area contributed by atoms with E-state index in [-0.39, 0.29) is 28.5 Å². The molecule has 4 aromatic rings. The first-order valence-corrected chi connectivity index (χ1v) is 9.96. The molecule has 0 aliphatic carbocycles. The number of rotatable bonds is 7. The van der Waals surface area contributed by atoms with Crippen molar-refractivity contribution in [3.63, 3.8) is 0 Å². The van der Waals surface area contributed by atoms with E-state index < -0.39 is 10.8 Å². The van der Waals surface area contributed by atoms with Gasteiger partial charge in [-0.2, -0.15) is 4.68 Å². The van der Waals surface area contributed by atoms with Gasteiger partial charge in [-0.15, -0.1) is 5.10 Å². The fraction of sp³-hybridized carbons (Fsp3) is 0.111. The highest BCUT2D eigenvalue weighted by molar-refractivity contribution is 9.10. The first-order valence-electron chi connectivity index (χ1n) is 8.79. The molecule has 31 heavy (non-hydrogen) atoms. The van der Waals surface area contributed by atoms with Gasteiger partial charge < -0.3 is 14.5 Å². The number of anilines is 1. The van der Waals surface area contributed by atoms with Gasteiger partial charge in [0.25, 0.3) is 5.91 Å². The third-order valence-corrected chi connectivity index (χ3v) is 5.06. The second-order valence-electron chi connectivity index (χ2n) is 6.33. The van der Waals surface area contributed by atoms with Gasteiger partial charge in [0.2, 0.25) is 5.95 Å². The number of carbonyl (C=O) groups is 1. The molecule has 1 aromatic carbocycles. The summed E-state index contributed by atoms with van der Waals surface area (Å²) in [5, 5.41) is 22.1. The van der Waals surface area contributed by atoms with E-state index in [1.165, 1.54) is 23.3 Å². The highest BCUT2D eigenvalue weighted by Crippen LogP contribution is 2.23. The third-order valence-electron chi connectivity index (χ3n) is 4.13. The number of aromatic nitrogens is 5. The zero-order valence-electron chi connectivity index (χ0n) is 15.6. The maximum atomic E-state index is 12.4. The Balaban J connectivity index is 1.39. The van der Waals surface area contributed by atoms with Crippen LogP contribution in [0.5, 0.6) is 0 Å². The highest BCUT2D eigenvalue weighted by Gasteiger charge is 2.20. The van der Waals surface area contributed by atoms with Crippen LogP contribution in [0.3, 0.4) is 0 Å². The molecule has 0 aliphatic rings. The number of amides is 1. The van der Waals surface area contributed by atoms with Crippen molar-refractivity contribution in [2.75, 3.05) is 5.32 Å². The Morgan fingerprint density at radius 2 is 2.00 bits per heavy atom. The summed E-state index contributed by atoms with van der Waals surface area (Å²) in [6, 6.07) is 10.4. The number of halogens is 2. The van der Waals surface area contributed by atoms with Crippen LogP contribution in [0.2, 0.25) is 5.02 Å². The number of nitro groups is 1. The number of carbonyl (C=O) groups excluding carboxylic acids is 1. The van der Waals surface area contributed by atoms with Gasteiger partial charge in [0.05, 0.1) is 17.8 Å². The minimum atomic E-state index is -0.598. The molecule has 0 bridgehead atoms. The van der Waals surface area contributed by atoms with Crippen LogP contribution in [0.15, 0.2) is 57.8 Å². The predicted octanol–water partition coefficient (Wildman–Crippen LogP) is 3.74. The van der Waals surface area contributed by atoms with Crippen molar-refractivity contribution in [3.8, 4) is 0 Å². The van der Waals surface area contributed by atoms with Crippen molar-refractivity contribution in [1.82, 2.24) is 24.5 Å². The molecule has 0 unspecified atom stereocenters. The van der Waals surface area contributed by atoms with Crippen LogP contribution in [-0.2, 0) is 13.1 Å². The van der Waals surface area contributed by atoms with Crippen molar-refractivity contribution < 1.29 is 14.1 Å². The Hall–Kier alpha value is -3.51. The quantitative estimate of drug-likeness (QED) is 0.298. The summed E-state index contributed by atoms with van der Waals surface area (Å²) in [6.07, 6.45) is 2.94. The lowest BCUT2D eigenvalue weighted by Gasteiger charge is -2.03. The summed E-state index contributed by atoms with van der Waals surface area (Å²) in [6.45, 7) is 0.517. The summed E-state index contributed by atoms with van der Waals surface area (Å²) >= 11 is 9.23. The molecule has 0 spiro atoms. The molecule has 158 valence electrons. The smallest absolute Gasteiger partial charge is 0.404 e. The van der Waals surface area contributed by atoms with Crippen LogP contribution in [0, 0.1) is 10.1 Å². The fourth-order valence-corrected chi connectivity index (χ4v) is 3.38. The van der Waals surface area contributed by atoms with Crippen LogP contribution >= 0.6 is 27.5 Å². The number of furan rings is 1. The third kappa shape index (κ3) is 4.81. The van der Waals surface area contributed by atoms with Crippen LogP contribution in [0.4, 0.5) is 11.8 Å². The maximum absolute atomic E-state index is 12.4. The van der Waals surface area contributed by atoms with E-state index in [1.807, 2.05) is 18.2 Å². The van der Waals surface area contributed by atoms with Crippen LogP contribution < -0.4 is 5.32 Å². The lowest BCUT2D eigenvalue weighted by atomic mass is 10.2. The van der Waals surface area contributed by atoms with Gasteiger partial charge in [-0.3, -0.25) is 10.1 Å². The zero-order valence-corrected chi connectivity index (χ0v) is 17.9. The second kappa shape index (κ2) is 8.70. The number of hydrogen-bond donors (Lipinski definition) is 1. The van der Waals surface area contributed by atoms with Crippen LogP contribution in [0.1, 0.15) is 21.9 Å². The standard InChI is InChI=1S/C18H13BrClN7O4/c19-13-9-25(23-16(13)27(29)30)8-12-5-6-15(31-12)17(28)22-18-21-10-26(24-18)7-11-3-1-2-4-14(11)20/h1-6,9-10H,7-8H2,(H,22,24,28). The molecule has 0 saturated heterocycles. The van der Waals surface area contributed by atoms with Gasteiger partial charge in [0.15, 0.2) is 5.76 Å². The first kappa shape index (κ1) is 20.8. The van der Waals surface area contributed by atoms with E-state index in [2.05, 4.69) is 36.4 Å². The van der Waals surface area contributed by atoms with Crippen LogP contribution in [-0.4, -0.2) is 35.4 Å². The SMILES string of the molecule is O=C(Nc1ncn(Cc2ccccc2Cl)n1)c1ccc(Cn2cc(Br)c([N+](=O)[O-])n2)o1. The van der Waals surface area contributed by atoms with E-state index in [1.54, 1.807) is 16.8 Å². The van der Waals surface area contributed by atoms with Crippen molar-refractivity contribution in [2.24, 2.45) is 0 Å². The molecule has 11 nitrogen and oxygen atoms in total. The molecule has 3 heterocycles. The van der Waals surface area contributed by atoms with Gasteiger partial charge in [0, 0.05) is 5.02 Å². The Kier molecular flexibility index (Phi) is 5.82. The Bertz CT molecular complexity index is 1270. The van der Waals surface area contributed by atoms with E-state index >= 15 is 0 Å². The minimum absolute atomic E-state index is 0.0400.